The number of rotatable bonds is 11. The van der Waals surface area contributed by atoms with Crippen molar-refractivity contribution in [2.24, 2.45) is 11.8 Å². The molecule has 2 unspecified atom stereocenters. The van der Waals surface area contributed by atoms with Crippen molar-refractivity contribution in [2.75, 3.05) is 0 Å². The minimum atomic E-state index is -5.39. The molecule has 0 radical (unpaired) electrons. The Labute approximate surface area is 393 Å². The van der Waals surface area contributed by atoms with Gasteiger partial charge in [0.15, 0.2) is 0 Å². The molecule has 0 aromatic heterocycles. The van der Waals surface area contributed by atoms with E-state index in [4.69, 9.17) is 0 Å². The van der Waals surface area contributed by atoms with Crippen LogP contribution in [-0.4, -0.2) is 5.92 Å². The van der Waals surface area contributed by atoms with Crippen molar-refractivity contribution in [3.05, 3.63) is 179 Å². The summed E-state index contributed by atoms with van der Waals surface area (Å²) in [4.78, 5) is 0. The van der Waals surface area contributed by atoms with Gasteiger partial charge in [-0.15, -0.1) is 0 Å². The van der Waals surface area contributed by atoms with Crippen molar-refractivity contribution in [3.8, 4) is 44.5 Å². The minimum absolute atomic E-state index is 0.00560. The predicted octanol–water partition coefficient (Wildman–Crippen LogP) is 18.6. The molecular formula is C60H65Cl2SiZr. The maximum atomic E-state index is 9.56. The summed E-state index contributed by atoms with van der Waals surface area (Å²) in [5, 5.41) is 0. The molecule has 0 bridgehead atoms. The van der Waals surface area contributed by atoms with E-state index in [0.717, 1.165) is 12.8 Å². The van der Waals surface area contributed by atoms with Gasteiger partial charge < -0.3 is 0 Å². The molecule has 4 aliphatic rings. The number of hydrogen-bond donors (Lipinski definition) is 0. The van der Waals surface area contributed by atoms with Crippen LogP contribution in [0.15, 0.2) is 157 Å². The van der Waals surface area contributed by atoms with Crippen LogP contribution >= 0.6 is 17.0 Å². The van der Waals surface area contributed by atoms with Gasteiger partial charge >= 0.3 is 396 Å². The topological polar surface area (TPSA) is 0 Å². The first-order valence-electron chi connectivity index (χ1n) is 24.8. The van der Waals surface area contributed by atoms with Gasteiger partial charge in [-0.3, -0.25) is 0 Å². The molecule has 4 heteroatoms. The van der Waals surface area contributed by atoms with Crippen molar-refractivity contribution in [1.29, 1.82) is 0 Å². The average Bonchev–Trinajstić information content (AvgIpc) is 3.65. The molecule has 6 aromatic rings. The molecule has 0 N–H and O–H groups in total. The van der Waals surface area contributed by atoms with Gasteiger partial charge in [0.25, 0.3) is 0 Å². The molecule has 0 amide bonds. The molecule has 2 saturated carbocycles. The van der Waals surface area contributed by atoms with Crippen LogP contribution in [0.25, 0.3) is 56.7 Å². The first-order chi connectivity index (χ1) is 31.3. The molecular weight excluding hydrogens is 911 g/mol. The quantitative estimate of drug-likeness (QED) is 0.0896. The molecule has 4 aliphatic carbocycles. The monoisotopic (exact) mass is 973 g/mol. The Bertz CT molecular complexity index is 2450. The van der Waals surface area contributed by atoms with Crippen LogP contribution in [0.1, 0.15) is 119 Å². The summed E-state index contributed by atoms with van der Waals surface area (Å²) in [5.41, 5.74) is 19.0. The average molecular weight is 976 g/mol. The second-order valence-electron chi connectivity index (χ2n) is 20.2. The zero-order valence-corrected chi connectivity index (χ0v) is 43.2. The van der Waals surface area contributed by atoms with Crippen molar-refractivity contribution in [3.63, 3.8) is 0 Å². The van der Waals surface area contributed by atoms with Crippen LogP contribution in [0.2, 0.25) is 13.1 Å². The molecule has 0 saturated heterocycles. The summed E-state index contributed by atoms with van der Waals surface area (Å²) in [6.07, 6.45) is 23.4. The normalized spacial score (nSPS) is 20.1. The molecule has 0 aliphatic heterocycles. The Morgan fingerprint density at radius 1 is 0.406 bits per heavy atom. The van der Waals surface area contributed by atoms with E-state index in [0.29, 0.717) is 11.8 Å². The number of halogens is 2. The third-order valence-electron chi connectivity index (χ3n) is 16.1. The SMILES string of the molecule is C[SiH](C)[Zr]([Cl])([Cl])([CH]1C(CC2CCCCCC2)=Cc2c(-c3ccccc3)ccc(-c3ccccc3)c21)[CH]1C(CC2CCCCCC2)=Cc2c(-c3ccccc3)ccc(-c3ccccc3)c21. The van der Waals surface area contributed by atoms with Crippen LogP contribution in [0.5, 0.6) is 0 Å². The van der Waals surface area contributed by atoms with Crippen molar-refractivity contribution >= 4 is 35.1 Å². The first kappa shape index (κ1) is 44.3. The second-order valence-corrected chi connectivity index (χ2v) is 62.8. The van der Waals surface area contributed by atoms with Crippen molar-refractivity contribution in [2.45, 2.75) is 110 Å². The molecule has 0 nitrogen and oxygen atoms in total. The van der Waals surface area contributed by atoms with Gasteiger partial charge in [0.2, 0.25) is 0 Å². The van der Waals surface area contributed by atoms with Gasteiger partial charge in [-0.2, -0.15) is 0 Å². The standard InChI is InChI=1S/2C29H29.C2H7Si.2ClH.Zr/c2*1-2-6-12-22(11-5-1)19-23-20-28-26(24-13-7-3-8-14-24)17-18-27(29(28)21-23)25-15-9-4-10-16-25;1-3-2;;;/h2*3-4,7-10,13-18,20-22H,1-2,5-6,11-12,19H2;3H,1-2H3;2*1H;/q;;;;;+2/p-2. The van der Waals surface area contributed by atoms with Crippen LogP contribution in [0, 0.1) is 11.8 Å². The fourth-order valence-corrected chi connectivity index (χ4v) is 43.9. The van der Waals surface area contributed by atoms with Gasteiger partial charge in [0, 0.05) is 0 Å². The second kappa shape index (κ2) is 19.0. The van der Waals surface area contributed by atoms with Crippen LogP contribution in [0.4, 0.5) is 0 Å². The maximum absolute atomic E-state index is 9.56. The summed E-state index contributed by atoms with van der Waals surface area (Å²) in [6.45, 7) is 5.14. The molecule has 64 heavy (non-hydrogen) atoms. The number of fused-ring (bicyclic) bond motifs is 2. The zero-order chi connectivity index (χ0) is 43.7. The number of benzene rings is 6. The van der Waals surface area contributed by atoms with E-state index in [2.05, 4.69) is 171 Å². The third kappa shape index (κ3) is 8.31. The Kier molecular flexibility index (Phi) is 13.2. The van der Waals surface area contributed by atoms with Crippen molar-refractivity contribution < 1.29 is 15.6 Å². The fourth-order valence-electron chi connectivity index (χ4n) is 12.8. The van der Waals surface area contributed by atoms with E-state index in [1.54, 1.807) is 11.1 Å². The Balaban J connectivity index is 1.28. The van der Waals surface area contributed by atoms with Gasteiger partial charge in [-0.25, -0.2) is 0 Å². The predicted molar refractivity (Wildman–Crippen MR) is 278 cm³/mol. The van der Waals surface area contributed by atoms with Crippen LogP contribution in [-0.2, 0) is 15.6 Å². The summed E-state index contributed by atoms with van der Waals surface area (Å²) in [6, 6.07) is 54.3. The van der Waals surface area contributed by atoms with Gasteiger partial charge in [-0.05, 0) is 0 Å². The van der Waals surface area contributed by atoms with E-state index in [1.165, 1.54) is 144 Å². The van der Waals surface area contributed by atoms with E-state index in [1.807, 2.05) is 0 Å². The molecule has 327 valence electrons. The molecule has 2 fully saturated rings. The van der Waals surface area contributed by atoms with Crippen LogP contribution in [0.3, 0.4) is 0 Å². The molecule has 6 aromatic carbocycles. The molecule has 2 atom stereocenters. The molecule has 0 heterocycles. The Morgan fingerprint density at radius 2 is 0.703 bits per heavy atom. The van der Waals surface area contributed by atoms with Crippen LogP contribution < -0.4 is 0 Å². The van der Waals surface area contributed by atoms with E-state index in [-0.39, 0.29) is 7.25 Å². The summed E-state index contributed by atoms with van der Waals surface area (Å²) in [7, 11) is 19.1. The Hall–Kier alpha value is -3.52. The summed E-state index contributed by atoms with van der Waals surface area (Å²) < 4.78 is 0.0112. The fraction of sp³-hybridized carbons (Fsp3) is 0.333. The van der Waals surface area contributed by atoms with Gasteiger partial charge in [-0.1, -0.05) is 0 Å². The number of allylic oxidation sites excluding steroid dienone is 2. The van der Waals surface area contributed by atoms with Crippen molar-refractivity contribution in [1.82, 2.24) is 0 Å². The molecule has 10 rings (SSSR count). The van der Waals surface area contributed by atoms with E-state index < -0.39 is 21.5 Å². The summed E-state index contributed by atoms with van der Waals surface area (Å²) in [5.74, 6) is -0.602. The van der Waals surface area contributed by atoms with Gasteiger partial charge in [0.05, 0.1) is 0 Å². The number of hydrogen-bond acceptors (Lipinski definition) is 0. The third-order valence-corrected chi connectivity index (χ3v) is 67.8. The molecule has 0 spiro atoms. The zero-order valence-electron chi connectivity index (χ0n) is 38.1. The first-order valence-corrected chi connectivity index (χ1v) is 41.1. The van der Waals surface area contributed by atoms with E-state index in [9.17, 15) is 17.0 Å². The van der Waals surface area contributed by atoms with E-state index >= 15 is 0 Å². The Morgan fingerprint density at radius 3 is 1.02 bits per heavy atom. The van der Waals surface area contributed by atoms with Gasteiger partial charge in [0.1, 0.15) is 0 Å². The summed E-state index contributed by atoms with van der Waals surface area (Å²) >= 11 is -5.39.